The lowest BCUT2D eigenvalue weighted by atomic mass is 10.1. The van der Waals surface area contributed by atoms with Gasteiger partial charge in [-0.3, -0.25) is 0 Å². The third kappa shape index (κ3) is 9.23. The lowest BCUT2D eigenvalue weighted by molar-refractivity contribution is -0.0262. The number of aliphatic hydroxyl groups is 1. The molecule has 39 heavy (non-hydrogen) atoms. The minimum absolute atomic E-state index is 0.000499. The number of likely N-dealkylation sites (tertiary alicyclic amines) is 1. The summed E-state index contributed by atoms with van der Waals surface area (Å²) in [5.41, 5.74) is 0.637. The molecule has 2 N–H and O–H groups in total. The third-order valence-electron chi connectivity index (χ3n) is 6.77. The van der Waals surface area contributed by atoms with Crippen LogP contribution in [0, 0.1) is 12.3 Å². The highest BCUT2D eigenvalue weighted by atomic mass is 35.5. The Hall–Kier alpha value is -2.08. The number of aromatic nitrogens is 4. The molecular weight excluding hydrogens is 528 g/mol. The zero-order valence-corrected chi connectivity index (χ0v) is 23.1. The second-order valence-corrected chi connectivity index (χ2v) is 9.83. The first-order valence-corrected chi connectivity index (χ1v) is 14.0. The molecule has 2 aliphatic heterocycles. The Kier molecular flexibility index (Phi) is 12.5. The van der Waals surface area contributed by atoms with Gasteiger partial charge < -0.3 is 39.0 Å². The molecule has 216 valence electrons. The molecule has 2 fully saturated rings. The summed E-state index contributed by atoms with van der Waals surface area (Å²) in [6.45, 7) is 6.99. The molecule has 2 aromatic rings. The van der Waals surface area contributed by atoms with Crippen LogP contribution in [-0.4, -0.2) is 121 Å². The highest BCUT2D eigenvalue weighted by Gasteiger charge is 2.29. The monoisotopic (exact) mass is 566 g/mol. The fraction of sp³-hybridized carbons (Fsp3) is 0.731. The maximum atomic E-state index is 9.39. The normalized spacial score (nSPS) is 20.5. The van der Waals surface area contributed by atoms with Gasteiger partial charge >= 0.3 is 0 Å². The van der Waals surface area contributed by atoms with Crippen LogP contribution in [-0.2, 0) is 23.7 Å². The fourth-order valence-electron chi connectivity index (χ4n) is 4.70. The minimum atomic E-state index is -0.264. The largest absolute Gasteiger partial charge is 0.394 e. The molecule has 0 saturated carbocycles. The van der Waals surface area contributed by atoms with Crippen LogP contribution < -0.4 is 5.32 Å². The van der Waals surface area contributed by atoms with Crippen molar-refractivity contribution in [3.8, 4) is 12.3 Å². The molecule has 0 amide bonds. The number of nitrogens with one attached hydrogen (secondary N) is 1. The number of fused-ring (bicyclic) bond motifs is 1. The summed E-state index contributed by atoms with van der Waals surface area (Å²) < 4.78 is 29.4. The Morgan fingerprint density at radius 2 is 1.69 bits per heavy atom. The van der Waals surface area contributed by atoms with Gasteiger partial charge in [-0.05, 0) is 37.3 Å². The zero-order chi connectivity index (χ0) is 27.3. The molecule has 0 aliphatic carbocycles. The SMILES string of the molecule is C#CCOCCOCCOCCOCCN1CCC(Nc2nc(Cl)nc3c2cnn3C2CCC(CO)O2)CC1. The summed E-state index contributed by atoms with van der Waals surface area (Å²) in [5.74, 6) is 3.10. The van der Waals surface area contributed by atoms with E-state index in [0.717, 1.165) is 50.7 Å². The summed E-state index contributed by atoms with van der Waals surface area (Å²) in [5, 5.41) is 18.4. The van der Waals surface area contributed by atoms with E-state index in [1.165, 1.54) is 0 Å². The zero-order valence-electron chi connectivity index (χ0n) is 22.3. The minimum Gasteiger partial charge on any atom is -0.394 e. The molecule has 0 bridgehead atoms. The van der Waals surface area contributed by atoms with Crippen LogP contribution in [0.5, 0.6) is 0 Å². The Morgan fingerprint density at radius 3 is 2.36 bits per heavy atom. The van der Waals surface area contributed by atoms with Gasteiger partial charge in [0.1, 0.15) is 12.4 Å². The molecule has 0 radical (unpaired) electrons. The lowest BCUT2D eigenvalue weighted by Gasteiger charge is -2.32. The van der Waals surface area contributed by atoms with Gasteiger partial charge in [0.15, 0.2) is 11.9 Å². The predicted octanol–water partition coefficient (Wildman–Crippen LogP) is 1.73. The Labute approximate surface area is 234 Å². The second-order valence-electron chi connectivity index (χ2n) is 9.49. The molecule has 4 rings (SSSR count). The standard InChI is InChI=1S/C26H39ClN6O6/c1-2-10-35-12-14-37-16-17-38-15-13-36-11-9-32-7-5-20(6-8-32)29-24-22-18-28-33(25(22)31-26(27)30-24)23-4-3-21(19-34)39-23/h1,18,20-21,23,34H,3-17,19H2,(H,29,30,31). The van der Waals surface area contributed by atoms with E-state index in [-0.39, 0.29) is 30.3 Å². The Morgan fingerprint density at radius 1 is 1.00 bits per heavy atom. The van der Waals surface area contributed by atoms with Crippen molar-refractivity contribution in [1.29, 1.82) is 0 Å². The maximum Gasteiger partial charge on any atom is 0.226 e. The number of nitrogens with zero attached hydrogens (tertiary/aromatic N) is 5. The molecule has 12 nitrogen and oxygen atoms in total. The van der Waals surface area contributed by atoms with E-state index < -0.39 is 0 Å². The van der Waals surface area contributed by atoms with E-state index in [1.54, 1.807) is 10.9 Å². The summed E-state index contributed by atoms with van der Waals surface area (Å²) >= 11 is 6.27. The van der Waals surface area contributed by atoms with Crippen LogP contribution in [0.1, 0.15) is 31.9 Å². The molecule has 13 heteroatoms. The van der Waals surface area contributed by atoms with Crippen LogP contribution in [0.2, 0.25) is 5.28 Å². The fourth-order valence-corrected chi connectivity index (χ4v) is 4.86. The molecule has 2 aliphatic rings. The van der Waals surface area contributed by atoms with E-state index >= 15 is 0 Å². The summed E-state index contributed by atoms with van der Waals surface area (Å²) in [6.07, 6.45) is 9.94. The number of piperidine rings is 1. The van der Waals surface area contributed by atoms with Gasteiger partial charge in [0.2, 0.25) is 5.28 Å². The number of aliphatic hydroxyl groups excluding tert-OH is 1. The maximum absolute atomic E-state index is 9.39. The van der Waals surface area contributed by atoms with Crippen molar-refractivity contribution in [2.45, 2.75) is 44.1 Å². The molecule has 2 aromatic heterocycles. The van der Waals surface area contributed by atoms with Crippen LogP contribution in [0.4, 0.5) is 5.82 Å². The third-order valence-corrected chi connectivity index (χ3v) is 6.94. The molecule has 2 unspecified atom stereocenters. The number of halogens is 1. The molecule has 0 spiro atoms. The van der Waals surface area contributed by atoms with Gasteiger partial charge in [0.05, 0.1) is 70.5 Å². The molecular formula is C26H39ClN6O6. The number of rotatable bonds is 17. The average Bonchev–Trinajstić information content (AvgIpc) is 3.59. The first-order chi connectivity index (χ1) is 19.2. The van der Waals surface area contributed by atoms with Crippen LogP contribution in [0.3, 0.4) is 0 Å². The average molecular weight is 567 g/mol. The van der Waals surface area contributed by atoms with Crippen molar-refractivity contribution in [1.82, 2.24) is 24.6 Å². The number of terminal acetylenes is 1. The first-order valence-electron chi connectivity index (χ1n) is 13.6. The Balaban J connectivity index is 1.10. The van der Waals surface area contributed by atoms with Gasteiger partial charge in [-0.15, -0.1) is 6.42 Å². The first kappa shape index (κ1) is 29.9. The lowest BCUT2D eigenvalue weighted by Crippen LogP contribution is -2.40. The van der Waals surface area contributed by atoms with Crippen molar-refractivity contribution in [2.24, 2.45) is 0 Å². The van der Waals surface area contributed by atoms with Gasteiger partial charge in [0.25, 0.3) is 0 Å². The molecule has 2 atom stereocenters. The topological polar surface area (TPSA) is 125 Å². The summed E-state index contributed by atoms with van der Waals surface area (Å²) in [6, 6.07) is 0.278. The van der Waals surface area contributed by atoms with Gasteiger partial charge in [-0.1, -0.05) is 5.92 Å². The second kappa shape index (κ2) is 16.2. The van der Waals surface area contributed by atoms with Crippen molar-refractivity contribution in [2.75, 3.05) is 84.4 Å². The van der Waals surface area contributed by atoms with Crippen LogP contribution in [0.25, 0.3) is 11.0 Å². The van der Waals surface area contributed by atoms with Crippen LogP contribution in [0.15, 0.2) is 6.20 Å². The number of ether oxygens (including phenoxy) is 5. The van der Waals surface area contributed by atoms with Crippen molar-refractivity contribution in [3.05, 3.63) is 11.5 Å². The highest BCUT2D eigenvalue weighted by Crippen LogP contribution is 2.32. The predicted molar refractivity (Wildman–Crippen MR) is 146 cm³/mol. The van der Waals surface area contributed by atoms with E-state index in [9.17, 15) is 5.11 Å². The molecule has 2 saturated heterocycles. The van der Waals surface area contributed by atoms with Gasteiger partial charge in [-0.25, -0.2) is 4.68 Å². The number of anilines is 1. The van der Waals surface area contributed by atoms with Crippen molar-refractivity contribution in [3.63, 3.8) is 0 Å². The van der Waals surface area contributed by atoms with Gasteiger partial charge in [-0.2, -0.15) is 15.1 Å². The Bertz CT molecular complexity index is 1040. The van der Waals surface area contributed by atoms with Gasteiger partial charge in [0, 0.05) is 25.7 Å². The van der Waals surface area contributed by atoms with E-state index in [1.807, 2.05) is 0 Å². The number of hydrogen-bond donors (Lipinski definition) is 2. The van der Waals surface area contributed by atoms with Crippen molar-refractivity contribution >= 4 is 28.5 Å². The van der Waals surface area contributed by atoms with E-state index in [2.05, 4.69) is 31.2 Å². The number of hydrogen-bond acceptors (Lipinski definition) is 11. The molecule has 4 heterocycles. The quantitative estimate of drug-likeness (QED) is 0.165. The summed E-state index contributed by atoms with van der Waals surface area (Å²) in [4.78, 5) is 11.3. The summed E-state index contributed by atoms with van der Waals surface area (Å²) in [7, 11) is 0. The van der Waals surface area contributed by atoms with E-state index in [4.69, 9.17) is 41.7 Å². The smallest absolute Gasteiger partial charge is 0.226 e. The van der Waals surface area contributed by atoms with E-state index in [0.29, 0.717) is 64.3 Å². The van der Waals surface area contributed by atoms with Crippen molar-refractivity contribution < 1.29 is 28.8 Å². The molecule has 0 aromatic carbocycles. The van der Waals surface area contributed by atoms with Crippen LogP contribution >= 0.6 is 11.6 Å². The highest BCUT2D eigenvalue weighted by molar-refractivity contribution is 6.28.